The average molecular weight is 283 g/mol. The molecule has 1 atom stereocenters. The number of amides is 1. The number of carbonyl (C=O) groups is 1. The molecule has 2 heterocycles. The number of rotatable bonds is 3. The summed E-state index contributed by atoms with van der Waals surface area (Å²) in [5.41, 5.74) is 5.72. The van der Waals surface area contributed by atoms with Gasteiger partial charge < -0.3 is 11.1 Å². The summed E-state index contributed by atoms with van der Waals surface area (Å²) in [5.74, 6) is -0.232. The van der Waals surface area contributed by atoms with Crippen molar-refractivity contribution in [3.05, 3.63) is 39.4 Å². The Morgan fingerprint density at radius 2 is 2.17 bits per heavy atom. The summed E-state index contributed by atoms with van der Waals surface area (Å²) in [7, 11) is 0. The number of thiophene rings is 1. The van der Waals surface area contributed by atoms with Gasteiger partial charge in [0.05, 0.1) is 10.4 Å². The van der Waals surface area contributed by atoms with Crippen LogP contribution in [0.1, 0.15) is 28.3 Å². The van der Waals surface area contributed by atoms with Crippen molar-refractivity contribution in [3.8, 4) is 0 Å². The summed E-state index contributed by atoms with van der Waals surface area (Å²) in [6, 6.07) is 3.51. The van der Waals surface area contributed by atoms with Gasteiger partial charge in [0.15, 0.2) is 11.5 Å². The summed E-state index contributed by atoms with van der Waals surface area (Å²) in [5, 5.41) is 2.80. The fourth-order valence-corrected chi connectivity index (χ4v) is 2.48. The van der Waals surface area contributed by atoms with Gasteiger partial charge in [-0.3, -0.25) is 4.79 Å². The highest BCUT2D eigenvalue weighted by Crippen LogP contribution is 2.26. The monoisotopic (exact) mass is 282 g/mol. The summed E-state index contributed by atoms with van der Waals surface area (Å²) in [4.78, 5) is 20.6. The Kier molecular flexibility index (Phi) is 3.78. The van der Waals surface area contributed by atoms with E-state index in [0.717, 1.165) is 4.88 Å². The number of nitrogen functional groups attached to an aromatic ring is 1. The van der Waals surface area contributed by atoms with Crippen LogP contribution in [0.25, 0.3) is 0 Å². The Labute approximate surface area is 113 Å². The predicted octanol–water partition coefficient (Wildman–Crippen LogP) is 2.26. The molecule has 0 radical (unpaired) electrons. The van der Waals surface area contributed by atoms with E-state index >= 15 is 0 Å². The molecule has 2 aromatic rings. The smallest absolute Gasteiger partial charge is 0.274 e. The number of carbonyl (C=O) groups excluding carboxylic acids is 1. The zero-order valence-electron chi connectivity index (χ0n) is 9.55. The van der Waals surface area contributed by atoms with Crippen molar-refractivity contribution in [1.82, 2.24) is 15.3 Å². The minimum absolute atomic E-state index is 0.117. The highest BCUT2D eigenvalue weighted by Gasteiger charge is 2.16. The first kappa shape index (κ1) is 12.8. The fraction of sp³-hybridized carbons (Fsp3) is 0.182. The third-order valence-corrected chi connectivity index (χ3v) is 3.72. The molecule has 0 aliphatic carbocycles. The molecule has 2 aromatic heterocycles. The van der Waals surface area contributed by atoms with Gasteiger partial charge in [0, 0.05) is 17.3 Å². The largest absolute Gasteiger partial charge is 0.382 e. The SMILES string of the molecule is CC(NC(=O)c1nccnc1N)c1ccc(Cl)s1. The number of nitrogens with one attached hydrogen (secondary N) is 1. The second-order valence-electron chi connectivity index (χ2n) is 3.63. The molecule has 94 valence electrons. The quantitative estimate of drug-likeness (QED) is 0.905. The number of hydrogen-bond donors (Lipinski definition) is 2. The van der Waals surface area contributed by atoms with E-state index in [9.17, 15) is 4.79 Å². The molecule has 0 aliphatic rings. The maximum absolute atomic E-state index is 11.9. The van der Waals surface area contributed by atoms with Gasteiger partial charge in [0.1, 0.15) is 0 Å². The van der Waals surface area contributed by atoms with Gasteiger partial charge in [-0.2, -0.15) is 0 Å². The molecule has 0 spiro atoms. The van der Waals surface area contributed by atoms with E-state index in [-0.39, 0.29) is 23.5 Å². The normalized spacial score (nSPS) is 12.1. The molecule has 1 unspecified atom stereocenters. The lowest BCUT2D eigenvalue weighted by molar-refractivity contribution is 0.0936. The Morgan fingerprint density at radius 3 is 2.78 bits per heavy atom. The predicted molar refractivity (Wildman–Crippen MR) is 71.7 cm³/mol. The number of halogens is 1. The van der Waals surface area contributed by atoms with Crippen LogP contribution in [-0.4, -0.2) is 15.9 Å². The fourth-order valence-electron chi connectivity index (χ4n) is 1.42. The van der Waals surface area contributed by atoms with Crippen LogP contribution < -0.4 is 11.1 Å². The third kappa shape index (κ3) is 2.77. The van der Waals surface area contributed by atoms with E-state index in [4.69, 9.17) is 17.3 Å². The molecule has 0 fully saturated rings. The van der Waals surface area contributed by atoms with Crippen LogP contribution in [0.5, 0.6) is 0 Å². The summed E-state index contributed by atoms with van der Waals surface area (Å²) >= 11 is 7.27. The van der Waals surface area contributed by atoms with E-state index in [0.29, 0.717) is 4.34 Å². The Hall–Kier alpha value is -1.66. The number of nitrogens with two attached hydrogens (primary N) is 1. The molecule has 18 heavy (non-hydrogen) atoms. The zero-order chi connectivity index (χ0) is 13.1. The lowest BCUT2D eigenvalue weighted by Gasteiger charge is -2.12. The lowest BCUT2D eigenvalue weighted by atomic mass is 10.2. The molecule has 0 saturated heterocycles. The maximum Gasteiger partial charge on any atom is 0.274 e. The molecular weight excluding hydrogens is 272 g/mol. The summed E-state index contributed by atoms with van der Waals surface area (Å²) in [6.07, 6.45) is 2.87. The Bertz CT molecular complexity index is 572. The standard InChI is InChI=1S/C11H11ClN4OS/c1-6(7-2-3-8(12)18-7)16-11(17)9-10(13)15-5-4-14-9/h2-6H,1H3,(H2,13,15)(H,16,17). The van der Waals surface area contributed by atoms with Crippen molar-refractivity contribution >= 4 is 34.7 Å². The highest BCUT2D eigenvalue weighted by atomic mass is 35.5. The van der Waals surface area contributed by atoms with Crippen LogP contribution in [0, 0.1) is 0 Å². The molecule has 3 N–H and O–H groups in total. The molecule has 0 bridgehead atoms. The molecule has 1 amide bonds. The van der Waals surface area contributed by atoms with Crippen molar-refractivity contribution in [1.29, 1.82) is 0 Å². The van der Waals surface area contributed by atoms with Gasteiger partial charge in [-0.1, -0.05) is 11.6 Å². The second-order valence-corrected chi connectivity index (χ2v) is 5.37. The first-order valence-corrected chi connectivity index (χ1v) is 6.40. The minimum Gasteiger partial charge on any atom is -0.382 e. The van der Waals surface area contributed by atoms with Crippen molar-refractivity contribution in [2.75, 3.05) is 5.73 Å². The van der Waals surface area contributed by atoms with E-state index in [1.54, 1.807) is 6.07 Å². The molecular formula is C11H11ClN4OS. The number of hydrogen-bond acceptors (Lipinski definition) is 5. The average Bonchev–Trinajstić information content (AvgIpc) is 2.76. The van der Waals surface area contributed by atoms with E-state index in [2.05, 4.69) is 15.3 Å². The van der Waals surface area contributed by atoms with Crippen LogP contribution in [0.3, 0.4) is 0 Å². The van der Waals surface area contributed by atoms with Gasteiger partial charge in [0.2, 0.25) is 0 Å². The van der Waals surface area contributed by atoms with Crippen molar-refractivity contribution in [3.63, 3.8) is 0 Å². The van der Waals surface area contributed by atoms with Crippen LogP contribution >= 0.6 is 22.9 Å². The number of anilines is 1. The van der Waals surface area contributed by atoms with Gasteiger partial charge in [-0.25, -0.2) is 9.97 Å². The minimum atomic E-state index is -0.349. The van der Waals surface area contributed by atoms with Crippen LogP contribution in [0.15, 0.2) is 24.5 Å². The zero-order valence-corrected chi connectivity index (χ0v) is 11.1. The highest BCUT2D eigenvalue weighted by molar-refractivity contribution is 7.16. The molecule has 0 saturated carbocycles. The van der Waals surface area contributed by atoms with Gasteiger partial charge in [-0.15, -0.1) is 11.3 Å². The Balaban J connectivity index is 2.10. The van der Waals surface area contributed by atoms with Crippen molar-refractivity contribution < 1.29 is 4.79 Å². The molecule has 5 nitrogen and oxygen atoms in total. The van der Waals surface area contributed by atoms with E-state index in [1.807, 2.05) is 13.0 Å². The summed E-state index contributed by atoms with van der Waals surface area (Å²) in [6.45, 7) is 1.87. The van der Waals surface area contributed by atoms with Crippen molar-refractivity contribution in [2.24, 2.45) is 0 Å². The van der Waals surface area contributed by atoms with Crippen LogP contribution in [0.2, 0.25) is 4.34 Å². The molecule has 7 heteroatoms. The van der Waals surface area contributed by atoms with Gasteiger partial charge in [-0.05, 0) is 19.1 Å². The van der Waals surface area contributed by atoms with Gasteiger partial charge in [0.25, 0.3) is 5.91 Å². The molecule has 2 rings (SSSR count). The molecule has 0 aromatic carbocycles. The third-order valence-electron chi connectivity index (χ3n) is 2.31. The van der Waals surface area contributed by atoms with E-state index in [1.165, 1.54) is 23.7 Å². The first-order valence-electron chi connectivity index (χ1n) is 5.20. The second kappa shape index (κ2) is 5.32. The Morgan fingerprint density at radius 1 is 1.44 bits per heavy atom. The van der Waals surface area contributed by atoms with Crippen LogP contribution in [0.4, 0.5) is 5.82 Å². The van der Waals surface area contributed by atoms with E-state index < -0.39 is 0 Å². The summed E-state index contributed by atoms with van der Waals surface area (Å²) < 4.78 is 0.685. The topological polar surface area (TPSA) is 80.9 Å². The van der Waals surface area contributed by atoms with Crippen LogP contribution in [-0.2, 0) is 0 Å². The first-order chi connectivity index (χ1) is 8.58. The van der Waals surface area contributed by atoms with Crippen molar-refractivity contribution in [2.45, 2.75) is 13.0 Å². The molecule has 0 aliphatic heterocycles. The number of aromatic nitrogens is 2. The maximum atomic E-state index is 11.9. The van der Waals surface area contributed by atoms with Gasteiger partial charge >= 0.3 is 0 Å². The lowest BCUT2D eigenvalue weighted by Crippen LogP contribution is -2.28. The number of nitrogens with zero attached hydrogens (tertiary/aromatic N) is 2.